The Labute approximate surface area is 156 Å². The fourth-order valence-corrected chi connectivity index (χ4v) is 2.72. The fraction of sp³-hybridized carbons (Fsp3) is 0.353. The molecule has 0 aliphatic carbocycles. The van der Waals surface area contributed by atoms with E-state index in [9.17, 15) is 9.59 Å². The summed E-state index contributed by atoms with van der Waals surface area (Å²) < 4.78 is 4.79. The van der Waals surface area contributed by atoms with Gasteiger partial charge in [-0.3, -0.25) is 23.6 Å². The predicted octanol–water partition coefficient (Wildman–Crippen LogP) is 1.67. The Morgan fingerprint density at radius 1 is 0.963 bits per heavy atom. The number of amides is 2. The van der Waals surface area contributed by atoms with Crippen molar-refractivity contribution in [2.24, 2.45) is 7.05 Å². The molecule has 27 heavy (non-hydrogen) atoms. The van der Waals surface area contributed by atoms with Gasteiger partial charge in [0.05, 0.1) is 29.5 Å². The van der Waals surface area contributed by atoms with Gasteiger partial charge in [-0.2, -0.15) is 15.3 Å². The van der Waals surface area contributed by atoms with Crippen molar-refractivity contribution in [2.45, 2.75) is 33.9 Å². The van der Waals surface area contributed by atoms with Gasteiger partial charge in [-0.1, -0.05) is 0 Å². The SMILES string of the molecule is CCn1nccc1C(=O)Nc1cnn(CC)c1C(=O)Nc1cnn(C)c1C. The van der Waals surface area contributed by atoms with E-state index in [-0.39, 0.29) is 17.5 Å². The molecule has 2 N–H and O–H groups in total. The van der Waals surface area contributed by atoms with E-state index in [0.717, 1.165) is 5.69 Å². The number of hydrogen-bond acceptors (Lipinski definition) is 5. The third kappa shape index (κ3) is 3.46. The lowest BCUT2D eigenvalue weighted by molar-refractivity contribution is 0.101. The van der Waals surface area contributed by atoms with Gasteiger partial charge in [-0.05, 0) is 26.8 Å². The van der Waals surface area contributed by atoms with Crippen molar-refractivity contribution in [1.29, 1.82) is 0 Å². The molecular weight excluding hydrogens is 348 g/mol. The molecule has 3 aromatic heterocycles. The number of carbonyl (C=O) groups is 2. The number of nitrogens with one attached hydrogen (secondary N) is 2. The molecule has 0 atom stereocenters. The van der Waals surface area contributed by atoms with Gasteiger partial charge in [-0.15, -0.1) is 0 Å². The summed E-state index contributed by atoms with van der Waals surface area (Å²) in [4.78, 5) is 25.4. The van der Waals surface area contributed by atoms with E-state index in [1.807, 2.05) is 20.8 Å². The fourth-order valence-electron chi connectivity index (χ4n) is 2.72. The van der Waals surface area contributed by atoms with E-state index in [2.05, 4.69) is 25.9 Å². The average Bonchev–Trinajstić information content (AvgIpc) is 3.36. The summed E-state index contributed by atoms with van der Waals surface area (Å²) in [6.07, 6.45) is 4.61. The second-order valence-corrected chi connectivity index (χ2v) is 5.93. The van der Waals surface area contributed by atoms with Crippen LogP contribution in [0.4, 0.5) is 11.4 Å². The van der Waals surface area contributed by atoms with Crippen molar-refractivity contribution < 1.29 is 9.59 Å². The molecule has 0 aliphatic rings. The molecule has 0 spiro atoms. The van der Waals surface area contributed by atoms with Crippen LogP contribution in [0.5, 0.6) is 0 Å². The molecule has 0 saturated heterocycles. The van der Waals surface area contributed by atoms with E-state index in [1.54, 1.807) is 34.9 Å². The molecule has 3 aromatic rings. The number of carbonyl (C=O) groups excluding carboxylic acids is 2. The van der Waals surface area contributed by atoms with Gasteiger partial charge < -0.3 is 10.6 Å². The molecule has 0 radical (unpaired) electrons. The molecule has 10 heteroatoms. The number of anilines is 2. The van der Waals surface area contributed by atoms with E-state index in [1.165, 1.54) is 10.9 Å². The lowest BCUT2D eigenvalue weighted by Crippen LogP contribution is -2.22. The molecule has 0 bridgehead atoms. The normalized spacial score (nSPS) is 10.8. The van der Waals surface area contributed by atoms with Crippen LogP contribution in [0.1, 0.15) is 40.5 Å². The van der Waals surface area contributed by atoms with Crippen LogP contribution in [0.3, 0.4) is 0 Å². The van der Waals surface area contributed by atoms with Gasteiger partial charge in [-0.25, -0.2) is 0 Å². The lowest BCUT2D eigenvalue weighted by Gasteiger charge is -2.10. The van der Waals surface area contributed by atoms with Crippen molar-refractivity contribution >= 4 is 23.2 Å². The monoisotopic (exact) mass is 370 g/mol. The van der Waals surface area contributed by atoms with Crippen LogP contribution in [0.2, 0.25) is 0 Å². The summed E-state index contributed by atoms with van der Waals surface area (Å²) in [5.41, 5.74) is 2.45. The Kier molecular flexibility index (Phi) is 5.06. The van der Waals surface area contributed by atoms with Crippen LogP contribution in [-0.4, -0.2) is 41.2 Å². The Balaban J connectivity index is 1.87. The van der Waals surface area contributed by atoms with E-state index in [4.69, 9.17) is 0 Å². The van der Waals surface area contributed by atoms with Gasteiger partial charge in [0.15, 0.2) is 0 Å². The summed E-state index contributed by atoms with van der Waals surface area (Å²) in [5.74, 6) is -0.721. The molecule has 3 heterocycles. The third-order valence-electron chi connectivity index (χ3n) is 4.33. The van der Waals surface area contributed by atoms with Crippen LogP contribution < -0.4 is 10.6 Å². The summed E-state index contributed by atoms with van der Waals surface area (Å²) in [6, 6.07) is 1.63. The standard InChI is InChI=1S/C17H22N8O2/c1-5-24-14(7-8-18-24)16(26)22-13-10-20-25(6-2)15(13)17(27)21-12-9-19-23(4)11(12)3/h7-10H,5-6H2,1-4H3,(H,21,27)(H,22,26). The quantitative estimate of drug-likeness (QED) is 0.685. The maximum atomic E-state index is 12.9. The molecular formula is C17H22N8O2. The molecule has 0 unspecified atom stereocenters. The largest absolute Gasteiger partial charge is 0.318 e. The minimum absolute atomic E-state index is 0.275. The minimum atomic E-state index is -0.371. The molecule has 142 valence electrons. The van der Waals surface area contributed by atoms with Gasteiger partial charge in [0.25, 0.3) is 11.8 Å². The van der Waals surface area contributed by atoms with Crippen LogP contribution in [0, 0.1) is 6.92 Å². The van der Waals surface area contributed by atoms with Crippen molar-refractivity contribution in [3.63, 3.8) is 0 Å². The second kappa shape index (κ2) is 7.44. The zero-order chi connectivity index (χ0) is 19.6. The summed E-state index contributed by atoms with van der Waals surface area (Å²) in [5, 5.41) is 18.0. The molecule has 3 rings (SSSR count). The highest BCUT2D eigenvalue weighted by molar-refractivity contribution is 6.11. The lowest BCUT2D eigenvalue weighted by atomic mass is 10.3. The van der Waals surface area contributed by atoms with Crippen molar-refractivity contribution in [1.82, 2.24) is 29.3 Å². The number of rotatable bonds is 6. The van der Waals surface area contributed by atoms with Crippen LogP contribution in [0.15, 0.2) is 24.7 Å². The molecule has 10 nitrogen and oxygen atoms in total. The Morgan fingerprint density at radius 2 is 1.63 bits per heavy atom. The van der Waals surface area contributed by atoms with Crippen LogP contribution >= 0.6 is 0 Å². The first-order chi connectivity index (χ1) is 13.0. The topological polar surface area (TPSA) is 112 Å². The first kappa shape index (κ1) is 18.4. The third-order valence-corrected chi connectivity index (χ3v) is 4.33. The molecule has 0 aromatic carbocycles. The number of hydrogen-bond donors (Lipinski definition) is 2. The Hall–Kier alpha value is -3.43. The second-order valence-electron chi connectivity index (χ2n) is 5.93. The maximum absolute atomic E-state index is 12.9. The molecule has 0 fully saturated rings. The smallest absolute Gasteiger partial charge is 0.276 e. The minimum Gasteiger partial charge on any atom is -0.318 e. The zero-order valence-corrected chi connectivity index (χ0v) is 15.7. The first-order valence-corrected chi connectivity index (χ1v) is 8.65. The van der Waals surface area contributed by atoms with Crippen molar-refractivity contribution in [2.75, 3.05) is 10.6 Å². The Bertz CT molecular complexity index is 981. The molecule has 0 aliphatic heterocycles. The zero-order valence-electron chi connectivity index (χ0n) is 15.7. The van der Waals surface area contributed by atoms with E-state index >= 15 is 0 Å². The summed E-state index contributed by atoms with van der Waals surface area (Å²) in [6.45, 7) is 6.67. The highest BCUT2D eigenvalue weighted by Gasteiger charge is 2.22. The summed E-state index contributed by atoms with van der Waals surface area (Å²) >= 11 is 0. The van der Waals surface area contributed by atoms with Gasteiger partial charge in [0, 0.05) is 26.3 Å². The van der Waals surface area contributed by atoms with E-state index in [0.29, 0.717) is 30.2 Å². The van der Waals surface area contributed by atoms with Gasteiger partial charge >= 0.3 is 0 Å². The van der Waals surface area contributed by atoms with Crippen LogP contribution in [0.25, 0.3) is 0 Å². The van der Waals surface area contributed by atoms with Crippen molar-refractivity contribution in [3.8, 4) is 0 Å². The maximum Gasteiger partial charge on any atom is 0.276 e. The van der Waals surface area contributed by atoms with E-state index < -0.39 is 0 Å². The summed E-state index contributed by atoms with van der Waals surface area (Å²) in [7, 11) is 1.80. The molecule has 2 amide bonds. The Morgan fingerprint density at radius 3 is 2.26 bits per heavy atom. The number of aromatic nitrogens is 6. The predicted molar refractivity (Wildman–Crippen MR) is 99.7 cm³/mol. The van der Waals surface area contributed by atoms with Gasteiger partial charge in [0.1, 0.15) is 11.4 Å². The molecule has 0 saturated carbocycles. The van der Waals surface area contributed by atoms with Gasteiger partial charge in [0.2, 0.25) is 0 Å². The van der Waals surface area contributed by atoms with Crippen LogP contribution in [-0.2, 0) is 20.1 Å². The first-order valence-electron chi connectivity index (χ1n) is 8.65. The number of nitrogens with zero attached hydrogens (tertiary/aromatic N) is 6. The highest BCUT2D eigenvalue weighted by atomic mass is 16.2. The average molecular weight is 370 g/mol. The number of aryl methyl sites for hydroxylation is 3. The highest BCUT2D eigenvalue weighted by Crippen LogP contribution is 2.20. The van der Waals surface area contributed by atoms with Crippen molar-refractivity contribution in [3.05, 3.63) is 41.7 Å².